The third kappa shape index (κ3) is 1.37. The van der Waals surface area contributed by atoms with Crippen molar-refractivity contribution >= 4 is 0 Å². The lowest BCUT2D eigenvalue weighted by molar-refractivity contribution is 0.568. The van der Waals surface area contributed by atoms with Gasteiger partial charge in [-0.1, -0.05) is 12.1 Å². The van der Waals surface area contributed by atoms with Crippen LogP contribution in [-0.4, -0.2) is 0 Å². The van der Waals surface area contributed by atoms with Gasteiger partial charge in [0.25, 0.3) is 0 Å². The maximum absolute atomic E-state index is 6.07. The highest BCUT2D eigenvalue weighted by molar-refractivity contribution is 5.42. The zero-order valence-corrected chi connectivity index (χ0v) is 8.43. The first-order valence-electron chi connectivity index (χ1n) is 5.04. The topological polar surface area (TPSA) is 26.0 Å². The molecule has 1 aliphatic rings. The Morgan fingerprint density at radius 1 is 1.31 bits per heavy atom. The van der Waals surface area contributed by atoms with E-state index in [2.05, 4.69) is 26.0 Å². The van der Waals surface area contributed by atoms with Gasteiger partial charge in [-0.2, -0.15) is 0 Å². The van der Waals surface area contributed by atoms with Crippen LogP contribution in [-0.2, 0) is 6.42 Å². The molecule has 0 spiro atoms. The van der Waals surface area contributed by atoms with E-state index in [1.807, 2.05) is 0 Å². The zero-order valence-electron chi connectivity index (χ0n) is 8.43. The molecule has 0 radical (unpaired) electrons. The second kappa shape index (κ2) is 3.15. The molecular weight excluding hydrogens is 158 g/mol. The normalized spacial score (nSPS) is 21.3. The molecule has 1 heteroatoms. The van der Waals surface area contributed by atoms with E-state index in [1.54, 1.807) is 0 Å². The average Bonchev–Trinajstić information content (AvgIpc) is 2.12. The van der Waals surface area contributed by atoms with E-state index >= 15 is 0 Å². The third-order valence-electron chi connectivity index (χ3n) is 3.25. The van der Waals surface area contributed by atoms with Crippen molar-refractivity contribution in [1.29, 1.82) is 0 Å². The van der Waals surface area contributed by atoms with Crippen molar-refractivity contribution in [3.63, 3.8) is 0 Å². The molecule has 0 unspecified atom stereocenters. The molecule has 0 saturated heterocycles. The summed E-state index contributed by atoms with van der Waals surface area (Å²) >= 11 is 0. The second-order valence-electron chi connectivity index (χ2n) is 4.07. The van der Waals surface area contributed by atoms with E-state index in [4.69, 9.17) is 5.73 Å². The number of hydrogen-bond acceptors (Lipinski definition) is 1. The number of nitrogens with two attached hydrogens (primary N) is 1. The first-order chi connectivity index (χ1) is 6.20. The summed E-state index contributed by atoms with van der Waals surface area (Å²) in [5.41, 5.74) is 11.8. The minimum absolute atomic E-state index is 0.281. The van der Waals surface area contributed by atoms with E-state index in [9.17, 15) is 0 Å². The average molecular weight is 175 g/mol. The highest BCUT2D eigenvalue weighted by Crippen LogP contribution is 2.31. The largest absolute Gasteiger partial charge is 0.324 e. The predicted octanol–water partition coefficient (Wildman–Crippen LogP) is 2.64. The Labute approximate surface area is 80.0 Å². The molecule has 0 aromatic heterocycles. The molecule has 0 aliphatic heterocycles. The van der Waals surface area contributed by atoms with Gasteiger partial charge in [-0.25, -0.2) is 0 Å². The van der Waals surface area contributed by atoms with Crippen LogP contribution in [0.15, 0.2) is 12.1 Å². The van der Waals surface area contributed by atoms with Gasteiger partial charge in [-0.15, -0.1) is 0 Å². The smallest absolute Gasteiger partial charge is 0.0297 e. The van der Waals surface area contributed by atoms with Gasteiger partial charge < -0.3 is 5.73 Å². The summed E-state index contributed by atoms with van der Waals surface area (Å²) in [7, 11) is 0. The van der Waals surface area contributed by atoms with E-state index in [0.29, 0.717) is 0 Å². The lowest BCUT2D eigenvalue weighted by Crippen LogP contribution is -2.18. The van der Waals surface area contributed by atoms with Crippen LogP contribution in [0.5, 0.6) is 0 Å². The number of hydrogen-bond donors (Lipinski definition) is 1. The molecule has 0 amide bonds. The molecule has 0 saturated carbocycles. The Morgan fingerprint density at radius 2 is 2.08 bits per heavy atom. The molecule has 2 N–H and O–H groups in total. The van der Waals surface area contributed by atoms with Crippen molar-refractivity contribution < 1.29 is 0 Å². The second-order valence-corrected chi connectivity index (χ2v) is 4.07. The first-order valence-corrected chi connectivity index (χ1v) is 5.04. The molecule has 0 fully saturated rings. The monoisotopic (exact) mass is 175 g/mol. The van der Waals surface area contributed by atoms with E-state index in [-0.39, 0.29) is 6.04 Å². The zero-order chi connectivity index (χ0) is 9.42. The quantitative estimate of drug-likeness (QED) is 0.644. The van der Waals surface area contributed by atoms with Gasteiger partial charge in [0.05, 0.1) is 0 Å². The van der Waals surface area contributed by atoms with Crippen molar-refractivity contribution in [3.05, 3.63) is 34.4 Å². The van der Waals surface area contributed by atoms with Crippen LogP contribution < -0.4 is 5.73 Å². The number of fused-ring (bicyclic) bond motifs is 1. The molecular formula is C12H17N. The fraction of sp³-hybridized carbons (Fsp3) is 0.500. The Morgan fingerprint density at radius 3 is 2.85 bits per heavy atom. The summed E-state index contributed by atoms with van der Waals surface area (Å²) in [6, 6.07) is 4.68. The van der Waals surface area contributed by atoms with Crippen LogP contribution in [0.4, 0.5) is 0 Å². The van der Waals surface area contributed by atoms with Crippen LogP contribution in [0, 0.1) is 13.8 Å². The minimum Gasteiger partial charge on any atom is -0.324 e. The van der Waals surface area contributed by atoms with Gasteiger partial charge in [0.1, 0.15) is 0 Å². The molecule has 70 valence electrons. The van der Waals surface area contributed by atoms with Crippen molar-refractivity contribution in [1.82, 2.24) is 0 Å². The Kier molecular flexibility index (Phi) is 2.12. The van der Waals surface area contributed by atoms with Gasteiger partial charge in [0, 0.05) is 6.04 Å². The van der Waals surface area contributed by atoms with Crippen LogP contribution in [0.25, 0.3) is 0 Å². The van der Waals surface area contributed by atoms with Crippen LogP contribution >= 0.6 is 0 Å². The SMILES string of the molecule is Cc1ccc2c(c1C)CCC[C@@H]2N. The third-order valence-corrected chi connectivity index (χ3v) is 3.25. The lowest BCUT2D eigenvalue weighted by atomic mass is 9.84. The van der Waals surface area contributed by atoms with E-state index in [1.165, 1.54) is 35.1 Å². The molecule has 0 heterocycles. The van der Waals surface area contributed by atoms with Gasteiger partial charge in [-0.3, -0.25) is 0 Å². The highest BCUT2D eigenvalue weighted by atomic mass is 14.6. The Hall–Kier alpha value is -0.820. The summed E-state index contributed by atoms with van der Waals surface area (Å²) in [5, 5.41) is 0. The van der Waals surface area contributed by atoms with Crippen molar-refractivity contribution in [3.8, 4) is 0 Å². The van der Waals surface area contributed by atoms with E-state index in [0.717, 1.165) is 6.42 Å². The molecule has 1 aromatic rings. The summed E-state index contributed by atoms with van der Waals surface area (Å²) in [6.45, 7) is 4.39. The molecule has 0 bridgehead atoms. The fourth-order valence-electron chi connectivity index (χ4n) is 2.23. The Balaban J connectivity index is 2.56. The van der Waals surface area contributed by atoms with Crippen molar-refractivity contribution in [2.75, 3.05) is 0 Å². The molecule has 1 aromatic carbocycles. The first kappa shape index (κ1) is 8.76. The standard InChI is InChI=1S/C12H17N/c1-8-6-7-11-10(9(8)2)4-3-5-12(11)13/h6-7,12H,3-5,13H2,1-2H3/t12-/m0/s1. The maximum atomic E-state index is 6.07. The van der Waals surface area contributed by atoms with E-state index < -0.39 is 0 Å². The molecule has 1 atom stereocenters. The number of benzene rings is 1. The van der Waals surface area contributed by atoms with Crippen LogP contribution in [0.1, 0.15) is 41.1 Å². The maximum Gasteiger partial charge on any atom is 0.0297 e. The predicted molar refractivity (Wildman–Crippen MR) is 55.8 cm³/mol. The van der Waals surface area contributed by atoms with Crippen molar-refractivity contribution in [2.45, 2.75) is 39.2 Å². The summed E-state index contributed by atoms with van der Waals surface area (Å²) in [5.74, 6) is 0. The summed E-state index contributed by atoms with van der Waals surface area (Å²) < 4.78 is 0. The molecule has 2 rings (SSSR count). The van der Waals surface area contributed by atoms with Gasteiger partial charge in [0.15, 0.2) is 0 Å². The van der Waals surface area contributed by atoms with Crippen LogP contribution in [0.2, 0.25) is 0 Å². The number of rotatable bonds is 0. The van der Waals surface area contributed by atoms with Gasteiger partial charge >= 0.3 is 0 Å². The summed E-state index contributed by atoms with van der Waals surface area (Å²) in [6.07, 6.45) is 3.62. The van der Waals surface area contributed by atoms with Crippen molar-refractivity contribution in [2.24, 2.45) is 5.73 Å². The lowest BCUT2D eigenvalue weighted by Gasteiger charge is -2.24. The highest BCUT2D eigenvalue weighted by Gasteiger charge is 2.18. The summed E-state index contributed by atoms with van der Waals surface area (Å²) in [4.78, 5) is 0. The van der Waals surface area contributed by atoms with Crippen LogP contribution in [0.3, 0.4) is 0 Å². The van der Waals surface area contributed by atoms with Gasteiger partial charge in [-0.05, 0) is 55.4 Å². The molecule has 13 heavy (non-hydrogen) atoms. The molecule has 1 nitrogen and oxygen atoms in total. The minimum atomic E-state index is 0.281. The van der Waals surface area contributed by atoms with Gasteiger partial charge in [0.2, 0.25) is 0 Å². The molecule has 1 aliphatic carbocycles. The number of aryl methyl sites for hydroxylation is 1. The fourth-order valence-corrected chi connectivity index (χ4v) is 2.23. The Bertz CT molecular complexity index is 328.